The number of hydrogen-bond donors (Lipinski definition) is 1. The van der Waals surface area contributed by atoms with Crippen molar-refractivity contribution in [2.45, 2.75) is 44.0 Å². The van der Waals surface area contributed by atoms with E-state index >= 15 is 0 Å². The maximum absolute atomic E-state index is 12.6. The van der Waals surface area contributed by atoms with Crippen molar-refractivity contribution in [1.82, 2.24) is 9.21 Å². The Morgan fingerprint density at radius 3 is 2.29 bits per heavy atom. The third-order valence-corrected chi connectivity index (χ3v) is 8.09. The smallest absolute Gasteiger partial charge is 0.255 e. The first kappa shape index (κ1) is 22.0. The first-order valence-corrected chi connectivity index (χ1v) is 12.6. The number of nitrogens with zero attached hydrogens (tertiary/aromatic N) is 2. The summed E-state index contributed by atoms with van der Waals surface area (Å²) in [5, 5.41) is 2.86. The van der Waals surface area contributed by atoms with Gasteiger partial charge in [-0.2, -0.15) is 4.31 Å². The number of amides is 1. The van der Waals surface area contributed by atoms with Gasteiger partial charge in [-0.1, -0.05) is 19.1 Å². The summed E-state index contributed by atoms with van der Waals surface area (Å²) in [6, 6.07) is 14.1. The number of piperidine rings is 1. The molecule has 0 saturated carbocycles. The monoisotopic (exact) mass is 441 g/mol. The number of carbonyl (C=O) groups excluding carboxylic acids is 1. The molecule has 2 saturated heterocycles. The molecule has 0 aliphatic carbocycles. The number of likely N-dealkylation sites (tertiary alicyclic amines) is 1. The molecule has 31 heavy (non-hydrogen) atoms. The molecular weight excluding hydrogens is 410 g/mol. The molecule has 0 radical (unpaired) electrons. The van der Waals surface area contributed by atoms with Crippen molar-refractivity contribution in [3.05, 3.63) is 59.7 Å². The molecule has 6 nitrogen and oxygen atoms in total. The van der Waals surface area contributed by atoms with E-state index in [4.69, 9.17) is 0 Å². The quantitative estimate of drug-likeness (QED) is 0.737. The lowest BCUT2D eigenvalue weighted by atomic mass is 9.99. The summed E-state index contributed by atoms with van der Waals surface area (Å²) >= 11 is 0. The van der Waals surface area contributed by atoms with Crippen LogP contribution in [0.3, 0.4) is 0 Å². The van der Waals surface area contributed by atoms with E-state index in [0.717, 1.165) is 38.4 Å². The number of hydrogen-bond acceptors (Lipinski definition) is 4. The first-order valence-electron chi connectivity index (χ1n) is 11.1. The molecule has 166 valence electrons. The fraction of sp³-hybridized carbons (Fsp3) is 0.458. The van der Waals surface area contributed by atoms with Gasteiger partial charge in [0, 0.05) is 37.4 Å². The Kier molecular flexibility index (Phi) is 6.74. The second-order valence-corrected chi connectivity index (χ2v) is 10.7. The molecule has 1 atom stereocenters. The standard InChI is InChI=1S/C24H31N3O3S/c1-19-5-4-14-26(17-19)18-20-6-8-21(9-7-20)24(28)25-22-10-12-23(13-11-22)31(29,30)27-15-2-3-16-27/h6-13,19H,2-5,14-18H2,1H3,(H,25,28)/t19-/m0/s1. The van der Waals surface area contributed by atoms with Gasteiger partial charge in [0.2, 0.25) is 10.0 Å². The van der Waals surface area contributed by atoms with Gasteiger partial charge >= 0.3 is 0 Å². The Morgan fingerprint density at radius 2 is 1.65 bits per heavy atom. The van der Waals surface area contributed by atoms with E-state index in [1.807, 2.05) is 24.3 Å². The third kappa shape index (κ3) is 5.34. The highest BCUT2D eigenvalue weighted by Crippen LogP contribution is 2.23. The topological polar surface area (TPSA) is 69.7 Å². The van der Waals surface area contributed by atoms with Crippen molar-refractivity contribution >= 4 is 21.6 Å². The molecule has 0 unspecified atom stereocenters. The molecule has 2 aromatic rings. The van der Waals surface area contributed by atoms with Crippen molar-refractivity contribution < 1.29 is 13.2 Å². The number of nitrogens with one attached hydrogen (secondary N) is 1. The van der Waals surface area contributed by atoms with Crippen LogP contribution >= 0.6 is 0 Å². The van der Waals surface area contributed by atoms with Crippen molar-refractivity contribution in [3.63, 3.8) is 0 Å². The average molecular weight is 442 g/mol. The van der Waals surface area contributed by atoms with Crippen LogP contribution in [0.25, 0.3) is 0 Å². The predicted molar refractivity (Wildman–Crippen MR) is 123 cm³/mol. The minimum Gasteiger partial charge on any atom is -0.322 e. The van der Waals surface area contributed by atoms with Crippen LogP contribution in [-0.2, 0) is 16.6 Å². The lowest BCUT2D eigenvalue weighted by Gasteiger charge is -2.30. The van der Waals surface area contributed by atoms with Crippen LogP contribution in [0.5, 0.6) is 0 Å². The molecule has 2 heterocycles. The second-order valence-electron chi connectivity index (χ2n) is 8.77. The van der Waals surface area contributed by atoms with E-state index in [1.54, 1.807) is 24.3 Å². The Morgan fingerprint density at radius 1 is 0.968 bits per heavy atom. The molecule has 1 N–H and O–H groups in total. The highest BCUT2D eigenvalue weighted by atomic mass is 32.2. The highest BCUT2D eigenvalue weighted by molar-refractivity contribution is 7.89. The van der Waals surface area contributed by atoms with Crippen LogP contribution in [0.2, 0.25) is 0 Å². The predicted octanol–water partition coefficient (Wildman–Crippen LogP) is 3.96. The fourth-order valence-corrected chi connectivity index (χ4v) is 5.96. The van der Waals surface area contributed by atoms with E-state index in [-0.39, 0.29) is 10.8 Å². The molecule has 2 aliphatic heterocycles. The summed E-state index contributed by atoms with van der Waals surface area (Å²) in [5.74, 6) is 0.545. The van der Waals surface area contributed by atoms with E-state index in [1.165, 1.54) is 22.7 Å². The fourth-order valence-electron chi connectivity index (χ4n) is 4.44. The van der Waals surface area contributed by atoms with Crippen LogP contribution in [-0.4, -0.2) is 49.7 Å². The average Bonchev–Trinajstić information content (AvgIpc) is 3.31. The van der Waals surface area contributed by atoms with Gasteiger partial charge in [-0.3, -0.25) is 9.69 Å². The number of carbonyl (C=O) groups is 1. The summed E-state index contributed by atoms with van der Waals surface area (Å²) in [7, 11) is -3.44. The number of rotatable bonds is 6. The maximum atomic E-state index is 12.6. The molecule has 2 aromatic carbocycles. The Balaban J connectivity index is 1.35. The van der Waals surface area contributed by atoms with Crippen LogP contribution in [0.15, 0.2) is 53.4 Å². The zero-order valence-electron chi connectivity index (χ0n) is 18.1. The van der Waals surface area contributed by atoms with Gasteiger partial charge in [0.15, 0.2) is 0 Å². The van der Waals surface area contributed by atoms with Crippen molar-refractivity contribution in [2.24, 2.45) is 5.92 Å². The van der Waals surface area contributed by atoms with Crippen molar-refractivity contribution in [2.75, 3.05) is 31.5 Å². The highest BCUT2D eigenvalue weighted by Gasteiger charge is 2.27. The van der Waals surface area contributed by atoms with E-state index < -0.39 is 10.0 Å². The zero-order chi connectivity index (χ0) is 21.8. The maximum Gasteiger partial charge on any atom is 0.255 e. The minimum atomic E-state index is -3.44. The van der Waals surface area contributed by atoms with Gasteiger partial charge in [-0.05, 0) is 80.1 Å². The molecular formula is C24H31N3O3S. The van der Waals surface area contributed by atoms with Gasteiger partial charge in [0.05, 0.1) is 4.90 Å². The molecule has 0 aromatic heterocycles. The molecule has 0 bridgehead atoms. The Hall–Kier alpha value is -2.22. The van der Waals surface area contributed by atoms with Crippen LogP contribution in [0, 0.1) is 5.92 Å². The van der Waals surface area contributed by atoms with Gasteiger partial charge in [0.1, 0.15) is 0 Å². The number of benzene rings is 2. The van der Waals surface area contributed by atoms with E-state index in [0.29, 0.717) is 24.3 Å². The largest absolute Gasteiger partial charge is 0.322 e. The lowest BCUT2D eigenvalue weighted by molar-refractivity contribution is 0.102. The lowest BCUT2D eigenvalue weighted by Crippen LogP contribution is -2.33. The van der Waals surface area contributed by atoms with E-state index in [9.17, 15) is 13.2 Å². The summed E-state index contributed by atoms with van der Waals surface area (Å²) in [5.41, 5.74) is 2.38. The summed E-state index contributed by atoms with van der Waals surface area (Å²) in [6.07, 6.45) is 4.37. The normalized spacial score (nSPS) is 20.6. The van der Waals surface area contributed by atoms with Crippen LogP contribution in [0.4, 0.5) is 5.69 Å². The van der Waals surface area contributed by atoms with Gasteiger partial charge in [-0.25, -0.2) is 8.42 Å². The molecule has 1 amide bonds. The van der Waals surface area contributed by atoms with Gasteiger partial charge < -0.3 is 5.32 Å². The zero-order valence-corrected chi connectivity index (χ0v) is 18.9. The Bertz CT molecular complexity index is 997. The SMILES string of the molecule is C[C@H]1CCCN(Cc2ccc(C(=O)Nc3ccc(S(=O)(=O)N4CCCC4)cc3)cc2)C1. The van der Waals surface area contributed by atoms with E-state index in [2.05, 4.69) is 17.1 Å². The number of anilines is 1. The van der Waals surface area contributed by atoms with Crippen LogP contribution < -0.4 is 5.32 Å². The molecule has 7 heteroatoms. The Labute approximate surface area is 185 Å². The second kappa shape index (κ2) is 9.51. The number of sulfonamides is 1. The minimum absolute atomic E-state index is 0.201. The third-order valence-electron chi connectivity index (χ3n) is 6.18. The molecule has 2 fully saturated rings. The molecule has 4 rings (SSSR count). The van der Waals surface area contributed by atoms with Crippen molar-refractivity contribution in [1.29, 1.82) is 0 Å². The first-order chi connectivity index (χ1) is 14.9. The summed E-state index contributed by atoms with van der Waals surface area (Å²) in [4.78, 5) is 15.3. The van der Waals surface area contributed by atoms with Gasteiger partial charge in [-0.15, -0.1) is 0 Å². The molecule has 2 aliphatic rings. The summed E-state index contributed by atoms with van der Waals surface area (Å²) in [6.45, 7) is 6.64. The molecule has 0 spiro atoms. The van der Waals surface area contributed by atoms with Crippen LogP contribution in [0.1, 0.15) is 48.5 Å². The summed E-state index contributed by atoms with van der Waals surface area (Å²) < 4.78 is 26.8. The van der Waals surface area contributed by atoms with Gasteiger partial charge in [0.25, 0.3) is 5.91 Å². The van der Waals surface area contributed by atoms with Crippen molar-refractivity contribution in [3.8, 4) is 0 Å².